The number of carbonyl (C=O) groups is 1. The first-order valence-electron chi connectivity index (χ1n) is 12.7. The Bertz CT molecular complexity index is 1350. The predicted molar refractivity (Wildman–Crippen MR) is 150 cm³/mol. The van der Waals surface area contributed by atoms with Crippen LogP contribution in [0.4, 0.5) is 4.79 Å². The Morgan fingerprint density at radius 3 is 1.24 bits per heavy atom. The third kappa shape index (κ3) is 6.00. The van der Waals surface area contributed by atoms with Gasteiger partial charge in [-0.1, -0.05) is 76.2 Å². The van der Waals surface area contributed by atoms with E-state index in [-0.39, 0.29) is 16.6 Å². The Morgan fingerprint density at radius 2 is 0.895 bits per heavy atom. The lowest BCUT2D eigenvalue weighted by Crippen LogP contribution is -2.19. The van der Waals surface area contributed by atoms with Crippen molar-refractivity contribution in [3.63, 3.8) is 0 Å². The van der Waals surface area contributed by atoms with Crippen LogP contribution in [0.15, 0.2) is 97.1 Å². The largest absolute Gasteiger partial charge is 0.519 e. The van der Waals surface area contributed by atoms with E-state index in [2.05, 4.69) is 39.8 Å². The summed E-state index contributed by atoms with van der Waals surface area (Å²) in [6, 6.07) is 30.1. The summed E-state index contributed by atoms with van der Waals surface area (Å²) in [5.41, 5.74) is 3.85. The van der Waals surface area contributed by atoms with Gasteiger partial charge in [0.1, 0.15) is 23.0 Å². The molecule has 0 radical (unpaired) electrons. The predicted octanol–water partition coefficient (Wildman–Crippen LogP) is 8.02. The molecular formula is C33H34O5. The lowest BCUT2D eigenvalue weighted by Gasteiger charge is -2.26. The molecule has 0 unspecified atom stereocenters. The molecule has 0 atom stereocenters. The fourth-order valence-corrected chi connectivity index (χ4v) is 4.44. The number of hydrogen-bond donors (Lipinski definition) is 1. The molecule has 4 rings (SSSR count). The molecule has 0 aliphatic rings. The number of hydrogen-bond acceptors (Lipinski definition) is 5. The van der Waals surface area contributed by atoms with Crippen molar-refractivity contribution in [2.75, 3.05) is 6.61 Å². The van der Waals surface area contributed by atoms with E-state index in [1.807, 2.05) is 55.5 Å². The van der Waals surface area contributed by atoms with E-state index in [0.717, 1.165) is 28.0 Å². The molecular weight excluding hydrogens is 476 g/mol. The standard InChI is InChI=1S/C33H34O5/c1-6-36-28-17-9-24(10-18-28)33(4,5)26-13-21-30(22-14-26)38-31(35)37-29-19-11-25(12-20-29)32(2,3)23-7-15-27(34)16-8-23/h7-22,34H,6H2,1-5H3. The molecule has 0 aliphatic carbocycles. The molecule has 0 saturated heterocycles. The Balaban J connectivity index is 1.38. The fraction of sp³-hybridized carbons (Fsp3) is 0.242. The molecule has 5 nitrogen and oxygen atoms in total. The molecule has 0 fully saturated rings. The second-order valence-corrected chi connectivity index (χ2v) is 10.3. The number of phenolic OH excluding ortho intramolecular Hbond substituents is 1. The summed E-state index contributed by atoms with van der Waals surface area (Å²) in [5, 5.41) is 9.57. The summed E-state index contributed by atoms with van der Waals surface area (Å²) in [6.07, 6.45) is -0.797. The molecule has 1 N–H and O–H groups in total. The van der Waals surface area contributed by atoms with Gasteiger partial charge in [0.25, 0.3) is 0 Å². The minimum absolute atomic E-state index is 0.234. The molecule has 0 heterocycles. The SMILES string of the molecule is CCOc1ccc(C(C)(C)c2ccc(OC(=O)Oc3ccc(C(C)(C)c4ccc(O)cc4)cc3)cc2)cc1. The van der Waals surface area contributed by atoms with Crippen molar-refractivity contribution >= 4 is 6.16 Å². The minimum Gasteiger partial charge on any atom is -0.508 e. The molecule has 0 amide bonds. The number of benzene rings is 4. The first kappa shape index (κ1) is 26.8. The van der Waals surface area contributed by atoms with Crippen molar-refractivity contribution in [3.8, 4) is 23.0 Å². The summed E-state index contributed by atoms with van der Waals surface area (Å²) in [4.78, 5) is 12.4. The zero-order valence-corrected chi connectivity index (χ0v) is 22.5. The lowest BCUT2D eigenvalue weighted by molar-refractivity contribution is 0.152. The summed E-state index contributed by atoms with van der Waals surface area (Å²) >= 11 is 0. The highest BCUT2D eigenvalue weighted by Crippen LogP contribution is 2.34. The van der Waals surface area contributed by atoms with E-state index in [0.29, 0.717) is 18.1 Å². The van der Waals surface area contributed by atoms with Crippen molar-refractivity contribution in [1.82, 2.24) is 0 Å². The average molecular weight is 511 g/mol. The van der Waals surface area contributed by atoms with Gasteiger partial charge < -0.3 is 19.3 Å². The summed E-state index contributed by atoms with van der Waals surface area (Å²) < 4.78 is 16.4. The second kappa shape index (κ2) is 11.0. The summed E-state index contributed by atoms with van der Waals surface area (Å²) in [7, 11) is 0. The van der Waals surface area contributed by atoms with Crippen molar-refractivity contribution < 1.29 is 24.1 Å². The highest BCUT2D eigenvalue weighted by Gasteiger charge is 2.24. The van der Waals surface area contributed by atoms with E-state index < -0.39 is 6.16 Å². The minimum atomic E-state index is -0.797. The van der Waals surface area contributed by atoms with Crippen LogP contribution in [0.2, 0.25) is 0 Å². The van der Waals surface area contributed by atoms with E-state index >= 15 is 0 Å². The van der Waals surface area contributed by atoms with Crippen LogP contribution in [0.5, 0.6) is 23.0 Å². The molecule has 0 saturated carbocycles. The van der Waals surface area contributed by atoms with Gasteiger partial charge in [-0.2, -0.15) is 0 Å². The van der Waals surface area contributed by atoms with E-state index in [9.17, 15) is 9.90 Å². The van der Waals surface area contributed by atoms with E-state index in [4.69, 9.17) is 14.2 Å². The van der Waals surface area contributed by atoms with Crippen LogP contribution in [-0.4, -0.2) is 17.9 Å². The van der Waals surface area contributed by atoms with Crippen LogP contribution < -0.4 is 14.2 Å². The monoisotopic (exact) mass is 510 g/mol. The van der Waals surface area contributed by atoms with Crippen LogP contribution in [0.3, 0.4) is 0 Å². The van der Waals surface area contributed by atoms with Gasteiger partial charge in [-0.25, -0.2) is 4.79 Å². The fourth-order valence-electron chi connectivity index (χ4n) is 4.44. The topological polar surface area (TPSA) is 65.0 Å². The van der Waals surface area contributed by atoms with Gasteiger partial charge in [-0.15, -0.1) is 0 Å². The maximum atomic E-state index is 12.4. The van der Waals surface area contributed by atoms with E-state index in [1.54, 1.807) is 36.4 Å². The molecule has 0 aliphatic heterocycles. The first-order valence-corrected chi connectivity index (χ1v) is 12.7. The maximum absolute atomic E-state index is 12.4. The zero-order chi connectivity index (χ0) is 27.3. The molecule has 4 aromatic carbocycles. The summed E-state index contributed by atoms with van der Waals surface area (Å²) in [6.45, 7) is 11.1. The van der Waals surface area contributed by atoms with Gasteiger partial charge in [0.05, 0.1) is 6.61 Å². The van der Waals surface area contributed by atoms with Crippen LogP contribution in [0.1, 0.15) is 56.9 Å². The van der Waals surface area contributed by atoms with Gasteiger partial charge in [0.15, 0.2) is 0 Å². The molecule has 4 aromatic rings. The van der Waals surface area contributed by atoms with Crippen molar-refractivity contribution in [3.05, 3.63) is 119 Å². The van der Waals surface area contributed by atoms with Gasteiger partial charge in [-0.3, -0.25) is 0 Å². The number of rotatable bonds is 8. The Hall–Kier alpha value is -4.25. The van der Waals surface area contributed by atoms with Crippen LogP contribution >= 0.6 is 0 Å². The molecule has 0 aromatic heterocycles. The molecule has 38 heavy (non-hydrogen) atoms. The number of phenols is 1. The lowest BCUT2D eigenvalue weighted by atomic mass is 9.78. The van der Waals surface area contributed by atoms with Crippen LogP contribution in [0.25, 0.3) is 0 Å². The van der Waals surface area contributed by atoms with Gasteiger partial charge in [0.2, 0.25) is 0 Å². The average Bonchev–Trinajstić information content (AvgIpc) is 2.90. The second-order valence-electron chi connectivity index (χ2n) is 10.3. The first-order chi connectivity index (χ1) is 18.1. The Kier molecular flexibility index (Phi) is 7.77. The van der Waals surface area contributed by atoms with Crippen molar-refractivity contribution in [1.29, 1.82) is 0 Å². The normalized spacial score (nSPS) is 11.6. The van der Waals surface area contributed by atoms with Crippen molar-refractivity contribution in [2.45, 2.75) is 45.4 Å². The number of aromatic hydroxyl groups is 1. The zero-order valence-electron chi connectivity index (χ0n) is 22.5. The highest BCUT2D eigenvalue weighted by molar-refractivity contribution is 5.67. The molecule has 0 bridgehead atoms. The highest BCUT2D eigenvalue weighted by atomic mass is 16.7. The Labute approximate surface area is 224 Å². The molecule has 0 spiro atoms. The van der Waals surface area contributed by atoms with Gasteiger partial charge in [0, 0.05) is 10.8 Å². The number of carbonyl (C=O) groups excluding carboxylic acids is 1. The Morgan fingerprint density at radius 1 is 0.579 bits per heavy atom. The van der Waals surface area contributed by atoms with Gasteiger partial charge in [-0.05, 0) is 77.7 Å². The maximum Gasteiger partial charge on any atom is 0.519 e. The summed E-state index contributed by atoms with van der Waals surface area (Å²) in [5.74, 6) is 1.89. The quantitative estimate of drug-likeness (QED) is 0.192. The van der Waals surface area contributed by atoms with Crippen LogP contribution in [-0.2, 0) is 10.8 Å². The van der Waals surface area contributed by atoms with Crippen LogP contribution in [0, 0.1) is 0 Å². The molecule has 196 valence electrons. The van der Waals surface area contributed by atoms with E-state index in [1.165, 1.54) is 0 Å². The van der Waals surface area contributed by atoms with Gasteiger partial charge >= 0.3 is 6.16 Å². The third-order valence-electron chi connectivity index (χ3n) is 7.03. The number of ether oxygens (including phenoxy) is 3. The molecule has 5 heteroatoms. The smallest absolute Gasteiger partial charge is 0.508 e. The van der Waals surface area contributed by atoms with Crippen molar-refractivity contribution in [2.24, 2.45) is 0 Å². The third-order valence-corrected chi connectivity index (χ3v) is 7.03.